The van der Waals surface area contributed by atoms with Crippen LogP contribution in [0.1, 0.15) is 6.42 Å². The minimum absolute atomic E-state index is 0.725. The van der Waals surface area contributed by atoms with Crippen molar-refractivity contribution in [1.29, 1.82) is 0 Å². The third-order valence-corrected chi connectivity index (χ3v) is 1.33. The van der Waals surface area contributed by atoms with Crippen LogP contribution >= 0.6 is 0 Å². The molecule has 0 aliphatic heterocycles. The highest BCUT2D eigenvalue weighted by atomic mass is 16.6. The molecular weight excluding hydrogens is 184 g/mol. The summed E-state index contributed by atoms with van der Waals surface area (Å²) < 4.78 is 0. The van der Waals surface area contributed by atoms with E-state index in [1.165, 1.54) is 0 Å². The number of hydrogen-bond acceptors (Lipinski definition) is 5. The lowest BCUT2D eigenvalue weighted by atomic mass is 10.1. The summed E-state index contributed by atoms with van der Waals surface area (Å²) in [6, 6.07) is -3.50. The van der Waals surface area contributed by atoms with Crippen molar-refractivity contribution in [3.63, 3.8) is 0 Å². The first kappa shape index (κ1) is 11.3. The maximum atomic E-state index is 10.2. The average Bonchev–Trinajstić information content (AvgIpc) is 1.97. The lowest BCUT2D eigenvalue weighted by Crippen LogP contribution is -2.40. The van der Waals surface area contributed by atoms with Crippen molar-refractivity contribution in [3.8, 4) is 0 Å². The number of nitrogens with two attached hydrogens (primary N) is 1. The molecule has 0 spiro atoms. The van der Waals surface area contributed by atoms with E-state index in [0.717, 1.165) is 0 Å². The SMILES string of the molecule is N[C@@H](CC(C(=O)O)[N+](=O)[O-])C(=O)O. The third-order valence-electron chi connectivity index (χ3n) is 1.33. The zero-order valence-corrected chi connectivity index (χ0v) is 6.41. The van der Waals surface area contributed by atoms with Gasteiger partial charge in [-0.3, -0.25) is 14.9 Å². The molecule has 74 valence electrons. The van der Waals surface area contributed by atoms with Crippen LogP contribution in [-0.2, 0) is 9.59 Å². The summed E-state index contributed by atoms with van der Waals surface area (Å²) in [4.78, 5) is 29.3. The first-order valence-electron chi connectivity index (χ1n) is 3.21. The molecule has 8 heteroatoms. The number of nitrogens with zero attached hydrogens (tertiary/aromatic N) is 1. The topological polar surface area (TPSA) is 144 Å². The van der Waals surface area contributed by atoms with Gasteiger partial charge < -0.3 is 15.9 Å². The minimum Gasteiger partial charge on any atom is -0.480 e. The van der Waals surface area contributed by atoms with Crippen molar-refractivity contribution >= 4 is 11.9 Å². The lowest BCUT2D eigenvalue weighted by Gasteiger charge is -2.07. The van der Waals surface area contributed by atoms with Gasteiger partial charge in [0.15, 0.2) is 0 Å². The molecule has 0 fully saturated rings. The van der Waals surface area contributed by atoms with Crippen molar-refractivity contribution in [1.82, 2.24) is 0 Å². The van der Waals surface area contributed by atoms with Gasteiger partial charge in [-0.05, 0) is 0 Å². The Morgan fingerprint density at radius 3 is 2.08 bits per heavy atom. The molecule has 0 aromatic heterocycles. The normalized spacial score (nSPS) is 14.5. The van der Waals surface area contributed by atoms with Gasteiger partial charge in [-0.2, -0.15) is 0 Å². The van der Waals surface area contributed by atoms with E-state index in [1.807, 2.05) is 0 Å². The van der Waals surface area contributed by atoms with E-state index in [1.54, 1.807) is 0 Å². The quantitative estimate of drug-likeness (QED) is 0.355. The zero-order valence-electron chi connectivity index (χ0n) is 6.41. The van der Waals surface area contributed by atoms with Gasteiger partial charge in [0, 0.05) is 4.92 Å². The van der Waals surface area contributed by atoms with Crippen molar-refractivity contribution in [2.45, 2.75) is 18.5 Å². The van der Waals surface area contributed by atoms with Crippen LogP contribution in [0.4, 0.5) is 0 Å². The van der Waals surface area contributed by atoms with E-state index in [4.69, 9.17) is 15.9 Å². The molecule has 0 aromatic carbocycles. The Kier molecular flexibility index (Phi) is 3.79. The van der Waals surface area contributed by atoms with Crippen LogP contribution in [0.15, 0.2) is 0 Å². The smallest absolute Gasteiger partial charge is 0.379 e. The number of aliphatic carboxylic acids is 2. The fraction of sp³-hybridized carbons (Fsp3) is 0.600. The van der Waals surface area contributed by atoms with E-state index in [-0.39, 0.29) is 0 Å². The summed E-state index contributed by atoms with van der Waals surface area (Å²) >= 11 is 0. The summed E-state index contributed by atoms with van der Waals surface area (Å²) in [5, 5.41) is 26.6. The predicted molar refractivity (Wildman–Crippen MR) is 38.6 cm³/mol. The molecule has 0 amide bonds. The molecular formula is C5H8N2O6. The molecule has 0 heterocycles. The second-order valence-corrected chi connectivity index (χ2v) is 2.32. The molecule has 0 bridgehead atoms. The van der Waals surface area contributed by atoms with Crippen LogP contribution in [-0.4, -0.2) is 39.2 Å². The number of hydrogen-bond donors (Lipinski definition) is 3. The number of nitro groups is 1. The molecule has 0 aliphatic rings. The Hall–Kier alpha value is -1.70. The third kappa shape index (κ3) is 3.47. The van der Waals surface area contributed by atoms with Crippen molar-refractivity contribution in [2.24, 2.45) is 5.73 Å². The van der Waals surface area contributed by atoms with Crippen molar-refractivity contribution in [3.05, 3.63) is 10.1 Å². The molecule has 0 saturated heterocycles. The fourth-order valence-corrected chi connectivity index (χ4v) is 0.618. The average molecular weight is 192 g/mol. The van der Waals surface area contributed by atoms with E-state index < -0.39 is 35.4 Å². The number of carboxylic acid groups (broad SMARTS) is 2. The Morgan fingerprint density at radius 2 is 1.85 bits per heavy atom. The largest absolute Gasteiger partial charge is 0.480 e. The predicted octanol–water partition coefficient (Wildman–Crippen LogP) is -1.48. The van der Waals surface area contributed by atoms with Gasteiger partial charge in [-0.25, -0.2) is 4.79 Å². The van der Waals surface area contributed by atoms with Crippen LogP contribution in [0.2, 0.25) is 0 Å². The fourth-order valence-electron chi connectivity index (χ4n) is 0.618. The summed E-state index contributed by atoms with van der Waals surface area (Å²) in [5.74, 6) is -3.16. The summed E-state index contributed by atoms with van der Waals surface area (Å²) in [7, 11) is 0. The van der Waals surface area contributed by atoms with Gasteiger partial charge in [-0.15, -0.1) is 0 Å². The van der Waals surface area contributed by atoms with Crippen molar-refractivity contribution < 1.29 is 24.7 Å². The highest BCUT2D eigenvalue weighted by molar-refractivity contribution is 5.76. The number of carbonyl (C=O) groups is 2. The van der Waals surface area contributed by atoms with Gasteiger partial charge in [-0.1, -0.05) is 0 Å². The molecule has 0 aromatic rings. The molecule has 2 atom stereocenters. The van der Waals surface area contributed by atoms with Crippen LogP contribution < -0.4 is 5.73 Å². The molecule has 0 saturated carbocycles. The van der Waals surface area contributed by atoms with Gasteiger partial charge in [0.2, 0.25) is 0 Å². The summed E-state index contributed by atoms with van der Waals surface area (Å²) in [6.45, 7) is 0. The first-order valence-corrected chi connectivity index (χ1v) is 3.21. The maximum Gasteiger partial charge on any atom is 0.379 e. The van der Waals surface area contributed by atoms with Crippen LogP contribution in [0.5, 0.6) is 0 Å². The summed E-state index contributed by atoms with van der Waals surface area (Å²) in [6.07, 6.45) is -0.725. The van der Waals surface area contributed by atoms with Crippen molar-refractivity contribution in [2.75, 3.05) is 0 Å². The highest BCUT2D eigenvalue weighted by Gasteiger charge is 2.33. The molecule has 0 radical (unpaired) electrons. The molecule has 0 rings (SSSR count). The Balaban J connectivity index is 4.35. The molecule has 8 nitrogen and oxygen atoms in total. The monoisotopic (exact) mass is 192 g/mol. The Morgan fingerprint density at radius 1 is 1.38 bits per heavy atom. The number of rotatable bonds is 5. The zero-order chi connectivity index (χ0) is 10.6. The molecule has 4 N–H and O–H groups in total. The van der Waals surface area contributed by atoms with Gasteiger partial charge >= 0.3 is 18.0 Å². The lowest BCUT2D eigenvalue weighted by molar-refractivity contribution is -0.511. The van der Waals surface area contributed by atoms with Crippen LogP contribution in [0, 0.1) is 10.1 Å². The minimum atomic E-state index is -1.97. The van der Waals surface area contributed by atoms with Gasteiger partial charge in [0.25, 0.3) is 0 Å². The van der Waals surface area contributed by atoms with Gasteiger partial charge in [0.1, 0.15) is 6.04 Å². The van der Waals surface area contributed by atoms with E-state index in [2.05, 4.69) is 0 Å². The second-order valence-electron chi connectivity index (χ2n) is 2.32. The van der Waals surface area contributed by atoms with E-state index in [9.17, 15) is 19.7 Å². The molecule has 13 heavy (non-hydrogen) atoms. The van der Waals surface area contributed by atoms with E-state index in [0.29, 0.717) is 0 Å². The standard InChI is InChI=1S/C5H8N2O6/c6-2(4(8)9)1-3(5(10)11)7(12)13/h2-3H,1,6H2,(H,8,9)(H,10,11)/t2-,3?/m0/s1. The molecule has 1 unspecified atom stereocenters. The van der Waals surface area contributed by atoms with Crippen LogP contribution in [0.25, 0.3) is 0 Å². The number of carboxylic acids is 2. The van der Waals surface area contributed by atoms with E-state index >= 15 is 0 Å². The molecule has 0 aliphatic carbocycles. The Bertz CT molecular complexity index is 225. The highest BCUT2D eigenvalue weighted by Crippen LogP contribution is 2.01. The van der Waals surface area contributed by atoms with Crippen LogP contribution in [0.3, 0.4) is 0 Å². The summed E-state index contributed by atoms with van der Waals surface area (Å²) in [5.41, 5.74) is 4.93. The Labute approximate surface area is 72.1 Å². The second kappa shape index (κ2) is 4.36. The maximum absolute atomic E-state index is 10.2. The first-order chi connectivity index (χ1) is 5.86. The van der Waals surface area contributed by atoms with Gasteiger partial charge in [0.05, 0.1) is 6.42 Å².